The lowest BCUT2D eigenvalue weighted by Gasteiger charge is -2.14. The smallest absolute Gasteiger partial charge is 0.130 e. The van der Waals surface area contributed by atoms with E-state index in [1.165, 1.54) is 16.7 Å². The molecule has 2 heteroatoms. The molecule has 112 valence electrons. The number of aryl methyl sites for hydroxylation is 2. The minimum absolute atomic E-state index is 0.886. The molecule has 0 aromatic heterocycles. The monoisotopic (exact) mass is 283 g/mol. The van der Waals surface area contributed by atoms with Gasteiger partial charge < -0.3 is 10.1 Å². The number of hydrogen-bond acceptors (Lipinski definition) is 2. The van der Waals surface area contributed by atoms with Gasteiger partial charge in [-0.15, -0.1) is 0 Å². The first-order valence-corrected chi connectivity index (χ1v) is 7.66. The molecule has 2 nitrogen and oxygen atoms in total. The van der Waals surface area contributed by atoms with Gasteiger partial charge in [0.15, 0.2) is 0 Å². The normalized spacial score (nSPS) is 10.7. The van der Waals surface area contributed by atoms with Crippen molar-refractivity contribution in [2.24, 2.45) is 0 Å². The fraction of sp³-hybridized carbons (Fsp3) is 0.368. The van der Waals surface area contributed by atoms with E-state index in [-0.39, 0.29) is 0 Å². The predicted molar refractivity (Wildman–Crippen MR) is 89.2 cm³/mol. The summed E-state index contributed by atoms with van der Waals surface area (Å²) in [5.74, 6) is 1.89. The molecule has 2 aromatic carbocycles. The molecule has 0 amide bonds. The summed E-state index contributed by atoms with van der Waals surface area (Å²) in [6, 6.07) is 12.6. The van der Waals surface area contributed by atoms with E-state index in [0.29, 0.717) is 0 Å². The van der Waals surface area contributed by atoms with E-state index in [9.17, 15) is 0 Å². The van der Waals surface area contributed by atoms with Crippen LogP contribution in [0.1, 0.15) is 35.6 Å². The minimum atomic E-state index is 0.886. The first-order valence-electron chi connectivity index (χ1n) is 7.66. The number of ether oxygens (including phenoxy) is 1. The van der Waals surface area contributed by atoms with E-state index in [2.05, 4.69) is 57.3 Å². The van der Waals surface area contributed by atoms with Gasteiger partial charge >= 0.3 is 0 Å². The highest BCUT2D eigenvalue weighted by atomic mass is 16.5. The third-order valence-corrected chi connectivity index (χ3v) is 3.78. The fourth-order valence-corrected chi connectivity index (χ4v) is 2.23. The highest BCUT2D eigenvalue weighted by Crippen LogP contribution is 2.29. The van der Waals surface area contributed by atoms with E-state index >= 15 is 0 Å². The standard InChI is InChI=1S/C19H25NO/c1-5-11-20-13-17-10-9-15(3)19(12-17)21-18-8-6-7-14(2)16(18)4/h6-10,12,20H,5,11,13H2,1-4H3. The molecular formula is C19H25NO. The van der Waals surface area contributed by atoms with Gasteiger partial charge in [0.1, 0.15) is 11.5 Å². The third kappa shape index (κ3) is 4.08. The summed E-state index contributed by atoms with van der Waals surface area (Å²) in [6.07, 6.45) is 1.15. The van der Waals surface area contributed by atoms with Crippen LogP contribution in [-0.2, 0) is 6.54 Å². The molecule has 21 heavy (non-hydrogen) atoms. The molecule has 0 aliphatic heterocycles. The molecule has 0 bridgehead atoms. The largest absolute Gasteiger partial charge is 0.457 e. The van der Waals surface area contributed by atoms with Crippen molar-refractivity contribution in [3.63, 3.8) is 0 Å². The molecule has 0 aliphatic carbocycles. The summed E-state index contributed by atoms with van der Waals surface area (Å²) in [6.45, 7) is 10.4. The Labute approximate surface area is 128 Å². The third-order valence-electron chi connectivity index (χ3n) is 3.78. The molecular weight excluding hydrogens is 258 g/mol. The van der Waals surface area contributed by atoms with Gasteiger partial charge in [0.2, 0.25) is 0 Å². The van der Waals surface area contributed by atoms with Gasteiger partial charge in [-0.1, -0.05) is 31.2 Å². The van der Waals surface area contributed by atoms with Crippen molar-refractivity contribution in [1.29, 1.82) is 0 Å². The molecule has 0 aliphatic rings. The molecule has 0 heterocycles. The van der Waals surface area contributed by atoms with Gasteiger partial charge in [-0.25, -0.2) is 0 Å². The second-order valence-electron chi connectivity index (χ2n) is 5.58. The van der Waals surface area contributed by atoms with Crippen LogP contribution in [0.25, 0.3) is 0 Å². The second-order valence-corrected chi connectivity index (χ2v) is 5.58. The van der Waals surface area contributed by atoms with Crippen LogP contribution in [0, 0.1) is 20.8 Å². The van der Waals surface area contributed by atoms with Crippen molar-refractivity contribution in [3.05, 3.63) is 58.7 Å². The summed E-state index contributed by atoms with van der Waals surface area (Å²) in [5.41, 5.74) is 4.88. The maximum absolute atomic E-state index is 6.14. The zero-order valence-corrected chi connectivity index (χ0v) is 13.5. The summed E-state index contributed by atoms with van der Waals surface area (Å²) >= 11 is 0. The van der Waals surface area contributed by atoms with Gasteiger partial charge in [-0.05, 0) is 68.1 Å². The molecule has 0 saturated heterocycles. The topological polar surface area (TPSA) is 21.3 Å². The molecule has 1 N–H and O–H groups in total. The van der Waals surface area contributed by atoms with E-state index in [0.717, 1.165) is 36.6 Å². The first-order chi connectivity index (χ1) is 10.1. The van der Waals surface area contributed by atoms with Crippen molar-refractivity contribution in [2.75, 3.05) is 6.54 Å². The lowest BCUT2D eigenvalue weighted by atomic mass is 10.1. The molecule has 0 atom stereocenters. The molecule has 0 fully saturated rings. The van der Waals surface area contributed by atoms with Gasteiger partial charge in [0, 0.05) is 6.54 Å². The van der Waals surface area contributed by atoms with Gasteiger partial charge in [-0.3, -0.25) is 0 Å². The zero-order chi connectivity index (χ0) is 15.2. The molecule has 0 unspecified atom stereocenters. The van der Waals surface area contributed by atoms with Crippen LogP contribution >= 0.6 is 0 Å². The molecule has 0 spiro atoms. The van der Waals surface area contributed by atoms with Crippen LogP contribution in [-0.4, -0.2) is 6.54 Å². The van der Waals surface area contributed by atoms with E-state index in [4.69, 9.17) is 4.74 Å². The molecule has 2 rings (SSSR count). The fourth-order valence-electron chi connectivity index (χ4n) is 2.23. The van der Waals surface area contributed by atoms with Gasteiger partial charge in [0.25, 0.3) is 0 Å². The van der Waals surface area contributed by atoms with Crippen LogP contribution < -0.4 is 10.1 Å². The Hall–Kier alpha value is -1.80. The predicted octanol–water partition coefficient (Wildman–Crippen LogP) is 4.90. The maximum atomic E-state index is 6.14. The average Bonchev–Trinajstić information content (AvgIpc) is 2.47. The van der Waals surface area contributed by atoms with Gasteiger partial charge in [0.05, 0.1) is 0 Å². The lowest BCUT2D eigenvalue weighted by molar-refractivity contribution is 0.473. The van der Waals surface area contributed by atoms with Crippen LogP contribution in [0.2, 0.25) is 0 Å². The quantitative estimate of drug-likeness (QED) is 0.761. The number of benzene rings is 2. The van der Waals surface area contributed by atoms with Crippen molar-refractivity contribution in [2.45, 2.75) is 40.7 Å². The maximum Gasteiger partial charge on any atom is 0.130 e. The zero-order valence-electron chi connectivity index (χ0n) is 13.5. The van der Waals surface area contributed by atoms with Crippen LogP contribution in [0.3, 0.4) is 0 Å². The SMILES string of the molecule is CCCNCc1ccc(C)c(Oc2cccc(C)c2C)c1. The Morgan fingerprint density at radius 2 is 1.76 bits per heavy atom. The lowest BCUT2D eigenvalue weighted by Crippen LogP contribution is -2.13. The number of nitrogens with one attached hydrogen (secondary N) is 1. The highest BCUT2D eigenvalue weighted by molar-refractivity contribution is 5.44. The summed E-state index contributed by atoms with van der Waals surface area (Å²) < 4.78 is 6.14. The van der Waals surface area contributed by atoms with E-state index < -0.39 is 0 Å². The highest BCUT2D eigenvalue weighted by Gasteiger charge is 2.07. The van der Waals surface area contributed by atoms with Crippen molar-refractivity contribution in [1.82, 2.24) is 5.32 Å². The average molecular weight is 283 g/mol. The number of rotatable bonds is 6. The Morgan fingerprint density at radius 3 is 2.52 bits per heavy atom. The minimum Gasteiger partial charge on any atom is -0.457 e. The molecule has 0 radical (unpaired) electrons. The first kappa shape index (κ1) is 15.6. The van der Waals surface area contributed by atoms with E-state index in [1.54, 1.807) is 0 Å². The van der Waals surface area contributed by atoms with Crippen LogP contribution in [0.15, 0.2) is 36.4 Å². The van der Waals surface area contributed by atoms with Crippen molar-refractivity contribution < 1.29 is 4.74 Å². The Morgan fingerprint density at radius 1 is 0.952 bits per heavy atom. The van der Waals surface area contributed by atoms with Gasteiger partial charge in [-0.2, -0.15) is 0 Å². The van der Waals surface area contributed by atoms with Crippen LogP contribution in [0.4, 0.5) is 0 Å². The Balaban J connectivity index is 2.18. The van der Waals surface area contributed by atoms with Crippen LogP contribution in [0.5, 0.6) is 11.5 Å². The van der Waals surface area contributed by atoms with Crippen molar-refractivity contribution >= 4 is 0 Å². The summed E-state index contributed by atoms with van der Waals surface area (Å²) in [4.78, 5) is 0. The summed E-state index contributed by atoms with van der Waals surface area (Å²) in [5, 5.41) is 3.43. The number of hydrogen-bond donors (Lipinski definition) is 1. The molecule has 2 aromatic rings. The second kappa shape index (κ2) is 7.28. The Kier molecular flexibility index (Phi) is 5.40. The summed E-state index contributed by atoms with van der Waals surface area (Å²) in [7, 11) is 0. The van der Waals surface area contributed by atoms with E-state index in [1.807, 2.05) is 12.1 Å². The molecule has 0 saturated carbocycles. The Bertz CT molecular complexity index is 605. The van der Waals surface area contributed by atoms with Crippen molar-refractivity contribution in [3.8, 4) is 11.5 Å².